The maximum Gasteiger partial charge on any atom is 0.150 e. The zero-order chi connectivity index (χ0) is 9.97. The van der Waals surface area contributed by atoms with Crippen LogP contribution in [-0.4, -0.2) is 19.2 Å². The van der Waals surface area contributed by atoms with Crippen molar-refractivity contribution < 1.29 is 14.3 Å². The maximum absolute atomic E-state index is 10.8. The molecule has 0 amide bonds. The molecule has 0 spiro atoms. The second kappa shape index (κ2) is 3.90. The summed E-state index contributed by atoms with van der Waals surface area (Å²) < 4.78 is 10.7. The largest absolute Gasteiger partial charge is 0.349 e. The van der Waals surface area contributed by atoms with Crippen molar-refractivity contribution in [3.63, 3.8) is 0 Å². The van der Waals surface area contributed by atoms with Crippen LogP contribution < -0.4 is 0 Å². The van der Waals surface area contributed by atoms with Crippen molar-refractivity contribution in [1.29, 1.82) is 0 Å². The zero-order valence-corrected chi connectivity index (χ0v) is 7.97. The summed E-state index contributed by atoms with van der Waals surface area (Å²) in [4.78, 5) is 10.8. The summed E-state index contributed by atoms with van der Waals surface area (Å²) in [5.74, 6) is 0. The molecule has 1 fully saturated rings. The molecule has 3 nitrogen and oxygen atoms in total. The highest BCUT2D eigenvalue weighted by molar-refractivity contribution is 5.77. The summed E-state index contributed by atoms with van der Waals surface area (Å²) in [5.41, 5.74) is 1.59. The van der Waals surface area contributed by atoms with Gasteiger partial charge in [-0.1, -0.05) is 24.3 Å². The van der Waals surface area contributed by atoms with Crippen LogP contribution >= 0.6 is 0 Å². The van der Waals surface area contributed by atoms with Gasteiger partial charge in [0.25, 0.3) is 0 Å². The van der Waals surface area contributed by atoms with Gasteiger partial charge in [0.15, 0.2) is 0 Å². The molecule has 2 atom stereocenters. The molecular weight excluding hydrogens is 180 g/mol. The summed E-state index contributed by atoms with van der Waals surface area (Å²) in [5, 5.41) is 0. The Kier molecular flexibility index (Phi) is 2.61. The van der Waals surface area contributed by atoms with E-state index in [1.54, 1.807) is 6.07 Å². The van der Waals surface area contributed by atoms with Crippen LogP contribution in [0.5, 0.6) is 0 Å². The van der Waals surface area contributed by atoms with Gasteiger partial charge in [-0.25, -0.2) is 0 Å². The van der Waals surface area contributed by atoms with E-state index in [1.165, 1.54) is 0 Å². The molecule has 0 radical (unpaired) electrons. The predicted octanol–water partition coefficient (Wildman–Crippen LogP) is 1.93. The Labute approximate surface area is 82.6 Å². The van der Waals surface area contributed by atoms with Crippen molar-refractivity contribution in [2.45, 2.75) is 19.1 Å². The first kappa shape index (κ1) is 9.37. The average molecular weight is 192 g/mol. The van der Waals surface area contributed by atoms with Crippen LogP contribution in [0.4, 0.5) is 0 Å². The minimum Gasteiger partial charge on any atom is -0.349 e. The molecule has 1 heterocycles. The van der Waals surface area contributed by atoms with Gasteiger partial charge in [-0.3, -0.25) is 4.79 Å². The van der Waals surface area contributed by atoms with Gasteiger partial charge in [0.05, 0.1) is 6.10 Å². The molecule has 1 aliphatic rings. The molecule has 74 valence electrons. The summed E-state index contributed by atoms with van der Waals surface area (Å²) in [6.07, 6.45) is 0.747. The van der Waals surface area contributed by atoms with Crippen molar-refractivity contribution in [3.05, 3.63) is 35.4 Å². The second-order valence-electron chi connectivity index (χ2n) is 3.32. The minimum absolute atomic E-state index is 0.0103. The van der Waals surface area contributed by atoms with Gasteiger partial charge in [0.1, 0.15) is 19.2 Å². The molecule has 1 aromatic carbocycles. The summed E-state index contributed by atoms with van der Waals surface area (Å²) >= 11 is 0. The smallest absolute Gasteiger partial charge is 0.150 e. The molecule has 0 aliphatic carbocycles. The molecule has 0 bridgehead atoms. The summed E-state index contributed by atoms with van der Waals surface area (Å²) in [6, 6.07) is 7.43. The normalized spacial score (nSPS) is 26.4. The fraction of sp³-hybridized carbons (Fsp3) is 0.364. The Morgan fingerprint density at radius 2 is 2.14 bits per heavy atom. The lowest BCUT2D eigenvalue weighted by molar-refractivity contribution is 0.0403. The number of carbonyl (C=O) groups excluding carboxylic acids is 1. The van der Waals surface area contributed by atoms with Gasteiger partial charge in [0, 0.05) is 5.56 Å². The van der Waals surface area contributed by atoms with Crippen molar-refractivity contribution >= 4 is 6.29 Å². The highest BCUT2D eigenvalue weighted by Gasteiger charge is 2.28. The fourth-order valence-electron chi connectivity index (χ4n) is 1.66. The second-order valence-corrected chi connectivity index (χ2v) is 3.32. The van der Waals surface area contributed by atoms with Gasteiger partial charge in [-0.05, 0) is 12.5 Å². The van der Waals surface area contributed by atoms with Crippen LogP contribution in [-0.2, 0) is 9.47 Å². The van der Waals surface area contributed by atoms with Gasteiger partial charge < -0.3 is 9.47 Å². The third-order valence-corrected chi connectivity index (χ3v) is 2.43. The van der Waals surface area contributed by atoms with E-state index in [4.69, 9.17) is 9.47 Å². The molecule has 1 saturated heterocycles. The highest BCUT2D eigenvalue weighted by atomic mass is 16.7. The lowest BCUT2D eigenvalue weighted by Gasteiger charge is -2.14. The van der Waals surface area contributed by atoms with Crippen LogP contribution in [0.2, 0.25) is 0 Å². The SMILES string of the molecule is CC1OCOC1c1ccccc1C=O. The fourth-order valence-corrected chi connectivity index (χ4v) is 1.66. The molecule has 2 unspecified atom stereocenters. The Balaban J connectivity index is 2.34. The number of hydrogen-bond donors (Lipinski definition) is 0. The number of ether oxygens (including phenoxy) is 2. The quantitative estimate of drug-likeness (QED) is 0.672. The van der Waals surface area contributed by atoms with Crippen LogP contribution in [0.1, 0.15) is 28.9 Å². The van der Waals surface area contributed by atoms with Gasteiger partial charge in [0.2, 0.25) is 0 Å². The van der Waals surface area contributed by atoms with E-state index in [2.05, 4.69) is 0 Å². The van der Waals surface area contributed by atoms with Crippen molar-refractivity contribution in [2.75, 3.05) is 6.79 Å². The lowest BCUT2D eigenvalue weighted by Crippen LogP contribution is -2.12. The van der Waals surface area contributed by atoms with E-state index in [0.717, 1.165) is 11.8 Å². The number of rotatable bonds is 2. The van der Waals surface area contributed by atoms with Crippen molar-refractivity contribution in [3.8, 4) is 0 Å². The van der Waals surface area contributed by atoms with Gasteiger partial charge >= 0.3 is 0 Å². The van der Waals surface area contributed by atoms with Crippen LogP contribution in [0.25, 0.3) is 0 Å². The van der Waals surface area contributed by atoms with E-state index in [-0.39, 0.29) is 12.2 Å². The first-order valence-corrected chi connectivity index (χ1v) is 4.60. The van der Waals surface area contributed by atoms with E-state index in [0.29, 0.717) is 12.4 Å². The highest BCUT2D eigenvalue weighted by Crippen LogP contribution is 2.29. The summed E-state index contributed by atoms with van der Waals surface area (Å²) in [7, 11) is 0. The Hall–Kier alpha value is -1.19. The molecule has 0 N–H and O–H groups in total. The van der Waals surface area contributed by atoms with Crippen LogP contribution in [0.3, 0.4) is 0 Å². The van der Waals surface area contributed by atoms with Gasteiger partial charge in [-0.15, -0.1) is 0 Å². The van der Waals surface area contributed by atoms with E-state index in [9.17, 15) is 4.79 Å². The predicted molar refractivity (Wildman–Crippen MR) is 51.1 cm³/mol. The number of carbonyl (C=O) groups is 1. The molecule has 14 heavy (non-hydrogen) atoms. The van der Waals surface area contributed by atoms with Gasteiger partial charge in [-0.2, -0.15) is 0 Å². The monoisotopic (exact) mass is 192 g/mol. The van der Waals surface area contributed by atoms with E-state index >= 15 is 0 Å². The molecule has 3 heteroatoms. The van der Waals surface area contributed by atoms with Crippen LogP contribution in [0, 0.1) is 0 Å². The first-order valence-electron chi connectivity index (χ1n) is 4.60. The summed E-state index contributed by atoms with van der Waals surface area (Å²) in [6.45, 7) is 2.25. The standard InChI is InChI=1S/C11H12O3/c1-8-11(14-7-13-8)10-5-3-2-4-9(10)6-12/h2-6,8,11H,7H2,1H3. The first-order chi connectivity index (χ1) is 6.83. The Morgan fingerprint density at radius 1 is 1.36 bits per heavy atom. The number of aldehydes is 1. The topological polar surface area (TPSA) is 35.5 Å². The molecule has 0 saturated carbocycles. The average Bonchev–Trinajstić information content (AvgIpc) is 2.64. The molecule has 1 aromatic rings. The molecule has 2 rings (SSSR count). The van der Waals surface area contributed by atoms with E-state index < -0.39 is 0 Å². The molecular formula is C11H12O3. The maximum atomic E-state index is 10.8. The minimum atomic E-state index is -0.114. The van der Waals surface area contributed by atoms with Crippen molar-refractivity contribution in [2.24, 2.45) is 0 Å². The van der Waals surface area contributed by atoms with E-state index in [1.807, 2.05) is 25.1 Å². The molecule has 1 aliphatic heterocycles. The molecule has 0 aromatic heterocycles. The lowest BCUT2D eigenvalue weighted by atomic mass is 10.0. The third kappa shape index (κ3) is 1.56. The zero-order valence-electron chi connectivity index (χ0n) is 7.97. The van der Waals surface area contributed by atoms with Crippen LogP contribution in [0.15, 0.2) is 24.3 Å². The third-order valence-electron chi connectivity index (χ3n) is 2.43. The number of hydrogen-bond acceptors (Lipinski definition) is 3. The number of benzene rings is 1. The Morgan fingerprint density at radius 3 is 2.79 bits per heavy atom. The Bertz CT molecular complexity index is 335. The van der Waals surface area contributed by atoms with Crippen molar-refractivity contribution in [1.82, 2.24) is 0 Å².